The Labute approximate surface area is 137 Å². The fourth-order valence-electron chi connectivity index (χ4n) is 2.02. The van der Waals surface area contributed by atoms with Crippen LogP contribution in [0.1, 0.15) is 5.56 Å². The Morgan fingerprint density at radius 1 is 1.09 bits per heavy atom. The summed E-state index contributed by atoms with van der Waals surface area (Å²) in [5.41, 5.74) is 4.27. The van der Waals surface area contributed by atoms with Crippen molar-refractivity contribution in [1.82, 2.24) is 5.43 Å². The molecule has 3 rings (SSSR count). The standard InChI is InChI=1S/C17H13N3O2S/c21-16-12(11-22-15-9-5-4-8-14(15)16)10-18-20-17(23)19-13-6-2-1-3-7-13/h1-11H,(H2,19,20,23)/b18-10+. The van der Waals surface area contributed by atoms with Gasteiger partial charge in [-0.1, -0.05) is 30.3 Å². The Bertz CT molecular complexity index is 920. The summed E-state index contributed by atoms with van der Waals surface area (Å²) >= 11 is 5.12. The molecule has 0 unspecified atom stereocenters. The van der Waals surface area contributed by atoms with Gasteiger partial charge in [-0.05, 0) is 36.5 Å². The molecule has 3 aromatic rings. The quantitative estimate of drug-likeness (QED) is 0.440. The van der Waals surface area contributed by atoms with Crippen LogP contribution in [0.15, 0.2) is 75.2 Å². The smallest absolute Gasteiger partial charge is 0.201 e. The molecule has 1 heterocycles. The summed E-state index contributed by atoms with van der Waals surface area (Å²) in [6.45, 7) is 0. The van der Waals surface area contributed by atoms with E-state index in [-0.39, 0.29) is 5.43 Å². The molecule has 0 aliphatic rings. The molecule has 0 atom stereocenters. The molecule has 0 bridgehead atoms. The van der Waals surface area contributed by atoms with E-state index in [1.54, 1.807) is 18.2 Å². The zero-order valence-electron chi connectivity index (χ0n) is 12.0. The highest BCUT2D eigenvalue weighted by atomic mass is 32.1. The van der Waals surface area contributed by atoms with Gasteiger partial charge in [-0.3, -0.25) is 10.2 Å². The topological polar surface area (TPSA) is 66.6 Å². The number of nitrogens with one attached hydrogen (secondary N) is 2. The van der Waals surface area contributed by atoms with Crippen molar-refractivity contribution < 1.29 is 4.42 Å². The van der Waals surface area contributed by atoms with E-state index in [2.05, 4.69) is 15.8 Å². The van der Waals surface area contributed by atoms with E-state index in [0.29, 0.717) is 21.6 Å². The van der Waals surface area contributed by atoms with Crippen LogP contribution in [0.5, 0.6) is 0 Å². The van der Waals surface area contributed by atoms with Crippen molar-refractivity contribution >= 4 is 40.2 Å². The third kappa shape index (κ3) is 3.61. The number of thiocarbonyl (C=S) groups is 1. The molecule has 0 saturated carbocycles. The van der Waals surface area contributed by atoms with Gasteiger partial charge in [0.1, 0.15) is 11.8 Å². The molecule has 2 N–H and O–H groups in total. The van der Waals surface area contributed by atoms with Crippen molar-refractivity contribution in [3.05, 3.63) is 76.6 Å². The van der Waals surface area contributed by atoms with Crippen molar-refractivity contribution in [1.29, 1.82) is 0 Å². The Hall–Kier alpha value is -2.99. The summed E-state index contributed by atoms with van der Waals surface area (Å²) in [6.07, 6.45) is 2.76. The average Bonchev–Trinajstić information content (AvgIpc) is 2.58. The Kier molecular flexibility index (Phi) is 4.44. The second-order valence-electron chi connectivity index (χ2n) is 4.71. The average molecular weight is 323 g/mol. The van der Waals surface area contributed by atoms with Gasteiger partial charge in [-0.25, -0.2) is 0 Å². The highest BCUT2D eigenvalue weighted by Gasteiger charge is 2.04. The minimum atomic E-state index is -0.140. The number of benzene rings is 2. The lowest BCUT2D eigenvalue weighted by molar-refractivity contribution is 0.601. The highest BCUT2D eigenvalue weighted by Crippen LogP contribution is 2.09. The first-order valence-corrected chi connectivity index (χ1v) is 7.30. The molecule has 23 heavy (non-hydrogen) atoms. The third-order valence-corrected chi connectivity index (χ3v) is 3.30. The van der Waals surface area contributed by atoms with Gasteiger partial charge in [-0.15, -0.1) is 0 Å². The highest BCUT2D eigenvalue weighted by molar-refractivity contribution is 7.80. The Balaban J connectivity index is 1.70. The van der Waals surface area contributed by atoms with Crippen LogP contribution in [0.4, 0.5) is 5.69 Å². The van der Waals surface area contributed by atoms with Crippen LogP contribution < -0.4 is 16.2 Å². The molecule has 0 spiro atoms. The largest absolute Gasteiger partial charge is 0.463 e. The zero-order chi connectivity index (χ0) is 16.1. The van der Waals surface area contributed by atoms with Crippen LogP contribution in [0.25, 0.3) is 11.0 Å². The maximum Gasteiger partial charge on any atom is 0.201 e. The Morgan fingerprint density at radius 2 is 1.83 bits per heavy atom. The van der Waals surface area contributed by atoms with E-state index in [4.69, 9.17) is 16.6 Å². The van der Waals surface area contributed by atoms with Crippen LogP contribution in [0.2, 0.25) is 0 Å². The lowest BCUT2D eigenvalue weighted by Gasteiger charge is -2.06. The van der Waals surface area contributed by atoms with Gasteiger partial charge in [0.25, 0.3) is 0 Å². The van der Waals surface area contributed by atoms with E-state index in [1.165, 1.54) is 12.5 Å². The van der Waals surface area contributed by atoms with Crippen molar-refractivity contribution in [2.24, 2.45) is 5.10 Å². The van der Waals surface area contributed by atoms with Crippen LogP contribution in [-0.2, 0) is 0 Å². The lowest BCUT2D eigenvalue weighted by Crippen LogP contribution is -2.24. The van der Waals surface area contributed by atoms with Gasteiger partial charge in [-0.2, -0.15) is 5.10 Å². The third-order valence-electron chi connectivity index (χ3n) is 3.11. The second kappa shape index (κ2) is 6.85. The van der Waals surface area contributed by atoms with Crippen molar-refractivity contribution in [3.63, 3.8) is 0 Å². The molecule has 5 nitrogen and oxygen atoms in total. The molecule has 0 fully saturated rings. The number of hydrogen-bond donors (Lipinski definition) is 2. The number of fused-ring (bicyclic) bond motifs is 1. The SMILES string of the molecule is O=c1c(/C=N/NC(=S)Nc2ccccc2)coc2ccccc12. The van der Waals surface area contributed by atoms with Gasteiger partial charge in [0.2, 0.25) is 5.43 Å². The predicted octanol–water partition coefficient (Wildman–Crippen LogP) is 3.11. The van der Waals surface area contributed by atoms with E-state index >= 15 is 0 Å². The fourth-order valence-corrected chi connectivity index (χ4v) is 2.19. The molecule has 1 aromatic heterocycles. The first-order chi connectivity index (χ1) is 11.2. The van der Waals surface area contributed by atoms with Gasteiger partial charge in [0.15, 0.2) is 5.11 Å². The van der Waals surface area contributed by atoms with Gasteiger partial charge in [0.05, 0.1) is 17.2 Å². The number of para-hydroxylation sites is 2. The first kappa shape index (κ1) is 14.9. The summed E-state index contributed by atoms with van der Waals surface area (Å²) in [5, 5.41) is 7.79. The predicted molar refractivity (Wildman–Crippen MR) is 95.9 cm³/mol. The lowest BCUT2D eigenvalue weighted by atomic mass is 10.2. The summed E-state index contributed by atoms with van der Waals surface area (Å²) in [4.78, 5) is 12.3. The fraction of sp³-hybridized carbons (Fsp3) is 0. The van der Waals surface area contributed by atoms with Crippen molar-refractivity contribution in [3.8, 4) is 0 Å². The summed E-state index contributed by atoms with van der Waals surface area (Å²) < 4.78 is 5.41. The summed E-state index contributed by atoms with van der Waals surface area (Å²) in [5.74, 6) is 0. The molecule has 0 saturated heterocycles. The van der Waals surface area contributed by atoms with Gasteiger partial charge < -0.3 is 9.73 Å². The Morgan fingerprint density at radius 3 is 2.65 bits per heavy atom. The maximum absolute atomic E-state index is 12.3. The molecule has 114 valence electrons. The molecule has 2 aromatic carbocycles. The van der Waals surface area contributed by atoms with Gasteiger partial charge >= 0.3 is 0 Å². The number of hydrogen-bond acceptors (Lipinski definition) is 4. The zero-order valence-corrected chi connectivity index (χ0v) is 12.8. The molecular formula is C17H13N3O2S. The van der Waals surface area contributed by atoms with E-state index in [0.717, 1.165) is 5.69 Å². The first-order valence-electron chi connectivity index (χ1n) is 6.90. The number of anilines is 1. The number of hydrazone groups is 1. The minimum absolute atomic E-state index is 0.140. The van der Waals surface area contributed by atoms with Crippen molar-refractivity contribution in [2.45, 2.75) is 0 Å². The molecular weight excluding hydrogens is 310 g/mol. The summed E-state index contributed by atoms with van der Waals surface area (Å²) in [6, 6.07) is 16.5. The van der Waals surface area contributed by atoms with Crippen molar-refractivity contribution in [2.75, 3.05) is 5.32 Å². The molecule has 0 aliphatic carbocycles. The van der Waals surface area contributed by atoms with Crippen LogP contribution in [0, 0.1) is 0 Å². The van der Waals surface area contributed by atoms with Gasteiger partial charge in [0, 0.05) is 5.69 Å². The number of rotatable bonds is 3. The molecule has 0 amide bonds. The van der Waals surface area contributed by atoms with Crippen LogP contribution >= 0.6 is 12.2 Å². The maximum atomic E-state index is 12.3. The van der Waals surface area contributed by atoms with Crippen LogP contribution in [0.3, 0.4) is 0 Å². The normalized spacial score (nSPS) is 10.8. The molecule has 6 heteroatoms. The monoisotopic (exact) mass is 323 g/mol. The van der Waals surface area contributed by atoms with E-state index in [1.807, 2.05) is 36.4 Å². The van der Waals surface area contributed by atoms with E-state index in [9.17, 15) is 4.79 Å². The second-order valence-corrected chi connectivity index (χ2v) is 5.11. The van der Waals surface area contributed by atoms with Crippen LogP contribution in [-0.4, -0.2) is 11.3 Å². The molecule has 0 radical (unpaired) electrons. The van der Waals surface area contributed by atoms with E-state index < -0.39 is 0 Å². The number of nitrogens with zero attached hydrogens (tertiary/aromatic N) is 1. The molecule has 0 aliphatic heterocycles. The minimum Gasteiger partial charge on any atom is -0.463 e. The summed E-state index contributed by atoms with van der Waals surface area (Å²) in [7, 11) is 0.